The molecular formula is C18H16N4O4. The molecular weight excluding hydrogens is 336 g/mol. The molecule has 8 heteroatoms. The lowest BCUT2D eigenvalue weighted by atomic mass is 10.3. The topological polar surface area (TPSA) is 101 Å². The van der Waals surface area contributed by atoms with Crippen LogP contribution in [0.1, 0.15) is 5.69 Å². The molecule has 0 atom stereocenters. The molecule has 0 unspecified atom stereocenters. The van der Waals surface area contributed by atoms with Gasteiger partial charge in [0.25, 0.3) is 0 Å². The van der Waals surface area contributed by atoms with Crippen LogP contribution in [0.2, 0.25) is 0 Å². The molecule has 0 amide bonds. The molecule has 0 fully saturated rings. The maximum absolute atomic E-state index is 10.2. The number of aromatic nitrogens is 2. The van der Waals surface area contributed by atoms with Crippen molar-refractivity contribution in [3.05, 3.63) is 60.3 Å². The van der Waals surface area contributed by atoms with E-state index >= 15 is 0 Å². The van der Waals surface area contributed by atoms with E-state index in [2.05, 4.69) is 15.3 Å². The number of para-hydroxylation sites is 2. The van der Waals surface area contributed by atoms with Crippen LogP contribution in [0.4, 0.5) is 11.4 Å². The summed E-state index contributed by atoms with van der Waals surface area (Å²) in [6.45, 7) is 1.23. The highest BCUT2D eigenvalue weighted by atomic mass is 16.8. The Morgan fingerprint density at radius 3 is 2.54 bits per heavy atom. The summed E-state index contributed by atoms with van der Waals surface area (Å²) < 4.78 is 12.3. The molecule has 4 rings (SSSR count). The van der Waals surface area contributed by atoms with Gasteiger partial charge in [0.1, 0.15) is 11.4 Å². The van der Waals surface area contributed by atoms with Crippen molar-refractivity contribution in [1.29, 1.82) is 0 Å². The Bertz CT molecular complexity index is 967. The maximum atomic E-state index is 10.2. The Balaban J connectivity index is 1.90. The molecule has 1 aromatic heterocycles. The highest BCUT2D eigenvalue weighted by molar-refractivity contribution is 5.57. The van der Waals surface area contributed by atoms with Gasteiger partial charge in [-0.1, -0.05) is 30.3 Å². The first-order chi connectivity index (χ1) is 12.5. The van der Waals surface area contributed by atoms with E-state index in [1.54, 1.807) is 31.2 Å². The van der Waals surface area contributed by atoms with E-state index in [1.807, 2.05) is 30.3 Å². The second-order valence-corrected chi connectivity index (χ2v) is 5.79. The third-order valence-corrected chi connectivity index (χ3v) is 3.79. The molecule has 0 aliphatic carbocycles. The number of rotatable bonds is 1. The predicted molar refractivity (Wildman–Crippen MR) is 92.2 cm³/mol. The average molecular weight is 352 g/mol. The number of aryl methyl sites for hydroxylation is 1. The molecule has 2 heterocycles. The van der Waals surface area contributed by atoms with Gasteiger partial charge in [-0.3, -0.25) is 0 Å². The summed E-state index contributed by atoms with van der Waals surface area (Å²) >= 11 is 0. The number of hydrogen-bond donors (Lipinski definition) is 2. The van der Waals surface area contributed by atoms with Crippen LogP contribution >= 0.6 is 0 Å². The molecule has 1 aliphatic heterocycles. The summed E-state index contributed by atoms with van der Waals surface area (Å²) in [4.78, 5) is 0. The van der Waals surface area contributed by atoms with Crippen LogP contribution in [0, 0.1) is 6.92 Å². The Hall–Kier alpha value is -3.23. The zero-order valence-electron chi connectivity index (χ0n) is 13.9. The van der Waals surface area contributed by atoms with Gasteiger partial charge in [0.2, 0.25) is 5.88 Å². The Labute approximate surface area is 149 Å². The summed E-state index contributed by atoms with van der Waals surface area (Å²) in [5, 5.41) is 33.3. The molecule has 3 aromatic rings. The Morgan fingerprint density at radius 2 is 1.73 bits per heavy atom. The van der Waals surface area contributed by atoms with Gasteiger partial charge in [-0.2, -0.15) is 9.78 Å². The van der Waals surface area contributed by atoms with Gasteiger partial charge >= 0.3 is 5.97 Å². The lowest BCUT2D eigenvalue weighted by molar-refractivity contribution is -0.305. The molecule has 2 N–H and O–H groups in total. The van der Waals surface area contributed by atoms with Gasteiger partial charge in [-0.15, -0.1) is 10.2 Å². The fourth-order valence-corrected chi connectivity index (χ4v) is 2.57. The zero-order valence-corrected chi connectivity index (χ0v) is 13.9. The molecule has 0 saturated heterocycles. The van der Waals surface area contributed by atoms with E-state index < -0.39 is 12.6 Å². The van der Waals surface area contributed by atoms with Crippen molar-refractivity contribution < 1.29 is 19.7 Å². The van der Waals surface area contributed by atoms with E-state index in [9.17, 15) is 10.2 Å². The largest absolute Gasteiger partial charge is 0.481 e. The molecule has 1 aliphatic rings. The number of aliphatic hydroxyl groups is 2. The van der Waals surface area contributed by atoms with Gasteiger partial charge in [0.15, 0.2) is 12.3 Å². The minimum Gasteiger partial charge on any atom is -0.481 e. The molecule has 0 bridgehead atoms. The van der Waals surface area contributed by atoms with Crippen LogP contribution in [0.5, 0.6) is 11.6 Å². The van der Waals surface area contributed by atoms with Gasteiger partial charge in [0.05, 0.1) is 11.4 Å². The quantitative estimate of drug-likeness (QED) is 0.656. The molecule has 0 spiro atoms. The van der Waals surface area contributed by atoms with Crippen molar-refractivity contribution in [2.24, 2.45) is 10.2 Å². The van der Waals surface area contributed by atoms with Crippen LogP contribution < -0.4 is 9.47 Å². The average Bonchev–Trinajstić information content (AvgIpc) is 2.94. The summed E-state index contributed by atoms with van der Waals surface area (Å²) in [7, 11) is 0. The molecule has 26 heavy (non-hydrogen) atoms. The summed E-state index contributed by atoms with van der Waals surface area (Å²) in [6.07, 6.45) is 0. The van der Waals surface area contributed by atoms with Crippen LogP contribution in [0.3, 0.4) is 0 Å². The first-order valence-corrected chi connectivity index (χ1v) is 7.96. The zero-order chi connectivity index (χ0) is 18.1. The lowest BCUT2D eigenvalue weighted by Gasteiger charge is -2.24. The summed E-state index contributed by atoms with van der Waals surface area (Å²) in [5.74, 6) is -2.15. The van der Waals surface area contributed by atoms with Crippen molar-refractivity contribution >= 4 is 11.4 Å². The molecule has 8 nitrogen and oxygen atoms in total. The maximum Gasteiger partial charge on any atom is 0.359 e. The summed E-state index contributed by atoms with van der Waals surface area (Å²) in [5.41, 5.74) is 1.98. The van der Waals surface area contributed by atoms with Gasteiger partial charge in [0, 0.05) is 0 Å². The van der Waals surface area contributed by atoms with E-state index in [4.69, 9.17) is 9.47 Å². The van der Waals surface area contributed by atoms with E-state index in [-0.39, 0.29) is 5.88 Å². The number of benzene rings is 2. The molecule has 2 aromatic carbocycles. The van der Waals surface area contributed by atoms with Crippen LogP contribution in [-0.4, -0.2) is 32.6 Å². The molecule has 132 valence electrons. The standard InChI is InChI=1S/C18H16N4O4/c1-12-16-17(22(21-12)13-7-3-2-4-8-13)26-18(23,24)11-25-15-10-6-5-9-14(15)19-20-16/h2-10,23-24H,11H2,1H3. The third kappa shape index (κ3) is 3.03. The smallest absolute Gasteiger partial charge is 0.359 e. The van der Waals surface area contributed by atoms with Crippen molar-refractivity contribution in [3.63, 3.8) is 0 Å². The van der Waals surface area contributed by atoms with Crippen LogP contribution in [-0.2, 0) is 0 Å². The van der Waals surface area contributed by atoms with Gasteiger partial charge in [-0.05, 0) is 31.2 Å². The van der Waals surface area contributed by atoms with Crippen LogP contribution in [0.15, 0.2) is 64.8 Å². The number of ether oxygens (including phenoxy) is 2. The number of hydrogen-bond acceptors (Lipinski definition) is 7. The van der Waals surface area contributed by atoms with Crippen molar-refractivity contribution in [2.75, 3.05) is 6.61 Å². The van der Waals surface area contributed by atoms with E-state index in [0.717, 1.165) is 0 Å². The predicted octanol–water partition coefficient (Wildman–Crippen LogP) is 3.01. The number of azo groups is 1. The highest BCUT2D eigenvalue weighted by Crippen LogP contribution is 2.38. The van der Waals surface area contributed by atoms with Crippen molar-refractivity contribution in [2.45, 2.75) is 12.9 Å². The number of fused-ring (bicyclic) bond motifs is 2. The SMILES string of the molecule is Cc1nn(-c2ccccc2)c2c1N=Nc1ccccc1OCC(O)(O)O2. The minimum absolute atomic E-state index is 0.0606. The second kappa shape index (κ2) is 6.25. The van der Waals surface area contributed by atoms with E-state index in [1.165, 1.54) is 4.68 Å². The number of nitrogens with zero attached hydrogens (tertiary/aromatic N) is 4. The second-order valence-electron chi connectivity index (χ2n) is 5.79. The minimum atomic E-state index is -2.58. The van der Waals surface area contributed by atoms with Crippen molar-refractivity contribution in [3.8, 4) is 17.3 Å². The van der Waals surface area contributed by atoms with Crippen molar-refractivity contribution in [1.82, 2.24) is 9.78 Å². The van der Waals surface area contributed by atoms with Gasteiger partial charge < -0.3 is 19.7 Å². The lowest BCUT2D eigenvalue weighted by Crippen LogP contribution is -2.42. The summed E-state index contributed by atoms with van der Waals surface area (Å²) in [6, 6.07) is 16.1. The third-order valence-electron chi connectivity index (χ3n) is 3.79. The fourth-order valence-electron chi connectivity index (χ4n) is 2.57. The fraction of sp³-hybridized carbons (Fsp3) is 0.167. The normalized spacial score (nSPS) is 15.3. The molecule has 0 saturated carbocycles. The highest BCUT2D eigenvalue weighted by Gasteiger charge is 2.33. The monoisotopic (exact) mass is 352 g/mol. The first-order valence-electron chi connectivity index (χ1n) is 7.96. The molecule has 0 radical (unpaired) electrons. The Kier molecular flexibility index (Phi) is 3.90. The van der Waals surface area contributed by atoms with E-state index in [0.29, 0.717) is 28.5 Å². The Morgan fingerprint density at radius 1 is 1.00 bits per heavy atom. The van der Waals surface area contributed by atoms with Crippen LogP contribution in [0.25, 0.3) is 5.69 Å². The van der Waals surface area contributed by atoms with Gasteiger partial charge in [-0.25, -0.2) is 0 Å². The first kappa shape index (κ1) is 16.2.